The van der Waals surface area contributed by atoms with Crippen LogP contribution in [0.5, 0.6) is 0 Å². The Morgan fingerprint density at radius 1 is 1.40 bits per heavy atom. The molecule has 0 amide bonds. The van der Waals surface area contributed by atoms with Crippen molar-refractivity contribution in [3.63, 3.8) is 0 Å². The smallest absolute Gasteiger partial charge is 0.132 e. The van der Waals surface area contributed by atoms with Crippen LogP contribution in [0.25, 0.3) is 0 Å². The fourth-order valence-corrected chi connectivity index (χ4v) is 1.35. The summed E-state index contributed by atoms with van der Waals surface area (Å²) >= 11 is 0. The van der Waals surface area contributed by atoms with Crippen LogP contribution in [0.1, 0.15) is 32.6 Å². The van der Waals surface area contributed by atoms with Crippen LogP contribution in [0, 0.1) is 5.92 Å². The van der Waals surface area contributed by atoms with Gasteiger partial charge in [-0.05, 0) is 19.8 Å². The largest absolute Gasteiger partial charge is 0.300 e. The molecule has 0 spiro atoms. The van der Waals surface area contributed by atoms with Crippen LogP contribution >= 0.6 is 0 Å². The molecule has 1 aliphatic rings. The quantitative estimate of drug-likeness (QED) is 0.550. The summed E-state index contributed by atoms with van der Waals surface area (Å²) in [6.07, 6.45) is 2.80. The molecular formula is C8H12O2. The van der Waals surface area contributed by atoms with Crippen LogP contribution in [0.15, 0.2) is 0 Å². The summed E-state index contributed by atoms with van der Waals surface area (Å²) in [5, 5.41) is 0. The molecule has 1 fully saturated rings. The minimum Gasteiger partial charge on any atom is -0.300 e. The molecule has 2 nitrogen and oxygen atoms in total. The van der Waals surface area contributed by atoms with Crippen molar-refractivity contribution in [2.24, 2.45) is 5.92 Å². The Bertz CT molecular complexity index is 151. The Morgan fingerprint density at radius 2 is 1.90 bits per heavy atom. The van der Waals surface area contributed by atoms with Gasteiger partial charge < -0.3 is 0 Å². The lowest BCUT2D eigenvalue weighted by atomic mass is 9.86. The Balaban J connectivity index is 2.40. The van der Waals surface area contributed by atoms with Crippen LogP contribution in [-0.2, 0) is 9.59 Å². The SMILES string of the molecule is CC(=O)C1CCC(=O)CC1. The molecule has 2 heteroatoms. The second-order valence-corrected chi connectivity index (χ2v) is 2.92. The van der Waals surface area contributed by atoms with Crippen molar-refractivity contribution in [2.45, 2.75) is 32.6 Å². The number of carbonyl (C=O) groups is 2. The molecule has 0 aromatic rings. The van der Waals surface area contributed by atoms with Gasteiger partial charge in [0.05, 0.1) is 0 Å². The van der Waals surface area contributed by atoms with E-state index < -0.39 is 0 Å². The molecule has 1 saturated carbocycles. The lowest BCUT2D eigenvalue weighted by molar-refractivity contribution is -0.125. The van der Waals surface area contributed by atoms with Crippen LogP contribution in [0.4, 0.5) is 0 Å². The van der Waals surface area contributed by atoms with E-state index in [4.69, 9.17) is 0 Å². The Hall–Kier alpha value is -0.660. The summed E-state index contributed by atoms with van der Waals surface area (Å²) < 4.78 is 0. The summed E-state index contributed by atoms with van der Waals surface area (Å²) in [4.78, 5) is 21.5. The summed E-state index contributed by atoms with van der Waals surface area (Å²) in [5.74, 6) is 0.739. The third-order valence-electron chi connectivity index (χ3n) is 2.12. The maximum atomic E-state index is 10.8. The molecule has 0 saturated heterocycles. The highest BCUT2D eigenvalue weighted by atomic mass is 16.1. The fraction of sp³-hybridized carbons (Fsp3) is 0.750. The molecule has 0 aromatic carbocycles. The highest BCUT2D eigenvalue weighted by Gasteiger charge is 2.21. The van der Waals surface area contributed by atoms with Gasteiger partial charge in [-0.1, -0.05) is 0 Å². The van der Waals surface area contributed by atoms with Gasteiger partial charge in [-0.25, -0.2) is 0 Å². The Labute approximate surface area is 60.6 Å². The molecule has 0 N–H and O–H groups in total. The highest BCUT2D eigenvalue weighted by molar-refractivity contribution is 5.84. The third kappa shape index (κ3) is 1.66. The zero-order valence-electron chi connectivity index (χ0n) is 6.22. The summed E-state index contributed by atoms with van der Waals surface area (Å²) in [6, 6.07) is 0. The van der Waals surface area contributed by atoms with Crippen molar-refractivity contribution >= 4 is 11.6 Å². The topological polar surface area (TPSA) is 34.1 Å². The van der Waals surface area contributed by atoms with Crippen molar-refractivity contribution in [1.82, 2.24) is 0 Å². The van der Waals surface area contributed by atoms with Gasteiger partial charge in [0, 0.05) is 18.8 Å². The number of Topliss-reactive ketones (excluding diaryl/α,β-unsaturated/α-hetero) is 2. The van der Waals surface area contributed by atoms with E-state index in [1.807, 2.05) is 0 Å². The molecule has 0 atom stereocenters. The second-order valence-electron chi connectivity index (χ2n) is 2.92. The minimum atomic E-state index is 0.178. The average Bonchev–Trinajstić information content (AvgIpc) is 1.88. The Morgan fingerprint density at radius 3 is 2.30 bits per heavy atom. The molecule has 0 unspecified atom stereocenters. The van der Waals surface area contributed by atoms with E-state index in [1.165, 1.54) is 0 Å². The second kappa shape index (κ2) is 2.95. The summed E-state index contributed by atoms with van der Waals surface area (Å²) in [7, 11) is 0. The van der Waals surface area contributed by atoms with E-state index in [1.54, 1.807) is 6.92 Å². The first-order chi connectivity index (χ1) is 4.70. The van der Waals surface area contributed by atoms with Crippen molar-refractivity contribution < 1.29 is 9.59 Å². The van der Waals surface area contributed by atoms with Gasteiger partial charge in [-0.15, -0.1) is 0 Å². The number of carbonyl (C=O) groups excluding carboxylic acids is 2. The fourth-order valence-electron chi connectivity index (χ4n) is 1.35. The van der Waals surface area contributed by atoms with Gasteiger partial charge in [0.1, 0.15) is 11.6 Å². The van der Waals surface area contributed by atoms with E-state index >= 15 is 0 Å². The lowest BCUT2D eigenvalue weighted by Gasteiger charge is -2.17. The lowest BCUT2D eigenvalue weighted by Crippen LogP contribution is -2.19. The molecule has 10 heavy (non-hydrogen) atoms. The maximum absolute atomic E-state index is 10.8. The molecule has 0 aliphatic heterocycles. The van der Waals surface area contributed by atoms with Crippen molar-refractivity contribution in [3.8, 4) is 0 Å². The van der Waals surface area contributed by atoms with Crippen LogP contribution in [0.3, 0.4) is 0 Å². The number of rotatable bonds is 1. The first-order valence-corrected chi connectivity index (χ1v) is 3.72. The highest BCUT2D eigenvalue weighted by Crippen LogP contribution is 2.21. The molecule has 1 rings (SSSR count). The Kier molecular flexibility index (Phi) is 2.20. The van der Waals surface area contributed by atoms with Crippen LogP contribution < -0.4 is 0 Å². The van der Waals surface area contributed by atoms with Gasteiger partial charge in [0.2, 0.25) is 0 Å². The molecule has 0 aromatic heterocycles. The number of hydrogen-bond acceptors (Lipinski definition) is 2. The summed E-state index contributed by atoms with van der Waals surface area (Å²) in [5.41, 5.74) is 0. The van der Waals surface area contributed by atoms with Crippen LogP contribution in [-0.4, -0.2) is 11.6 Å². The normalized spacial score (nSPS) is 21.1. The van der Waals surface area contributed by atoms with Gasteiger partial charge >= 0.3 is 0 Å². The first kappa shape index (κ1) is 7.45. The van der Waals surface area contributed by atoms with Crippen molar-refractivity contribution in [2.75, 3.05) is 0 Å². The number of ketones is 2. The molecule has 0 bridgehead atoms. The molecule has 0 radical (unpaired) electrons. The third-order valence-corrected chi connectivity index (χ3v) is 2.12. The van der Waals surface area contributed by atoms with Crippen LogP contribution in [0.2, 0.25) is 0 Å². The zero-order chi connectivity index (χ0) is 7.56. The summed E-state index contributed by atoms with van der Waals surface area (Å²) in [6.45, 7) is 1.61. The molecule has 0 heterocycles. The average molecular weight is 140 g/mol. The van der Waals surface area contributed by atoms with Crippen molar-refractivity contribution in [1.29, 1.82) is 0 Å². The minimum absolute atomic E-state index is 0.178. The van der Waals surface area contributed by atoms with Crippen molar-refractivity contribution in [3.05, 3.63) is 0 Å². The maximum Gasteiger partial charge on any atom is 0.132 e. The molecule has 1 aliphatic carbocycles. The standard InChI is InChI=1S/C8H12O2/c1-6(9)7-2-4-8(10)5-3-7/h7H,2-5H2,1H3. The van der Waals surface area contributed by atoms with Gasteiger partial charge in [-0.3, -0.25) is 9.59 Å². The van der Waals surface area contributed by atoms with Gasteiger partial charge in [-0.2, -0.15) is 0 Å². The number of hydrogen-bond donors (Lipinski definition) is 0. The van der Waals surface area contributed by atoms with Gasteiger partial charge in [0.25, 0.3) is 0 Å². The predicted molar refractivity (Wildman–Crippen MR) is 37.6 cm³/mol. The van der Waals surface area contributed by atoms with E-state index in [9.17, 15) is 9.59 Å². The monoisotopic (exact) mass is 140 g/mol. The predicted octanol–water partition coefficient (Wildman–Crippen LogP) is 1.33. The first-order valence-electron chi connectivity index (χ1n) is 3.72. The zero-order valence-corrected chi connectivity index (χ0v) is 6.22. The molecule has 56 valence electrons. The van der Waals surface area contributed by atoms with E-state index in [2.05, 4.69) is 0 Å². The van der Waals surface area contributed by atoms with E-state index in [-0.39, 0.29) is 11.7 Å². The molecular weight excluding hydrogens is 128 g/mol. The van der Waals surface area contributed by atoms with E-state index in [0.717, 1.165) is 12.8 Å². The van der Waals surface area contributed by atoms with E-state index in [0.29, 0.717) is 18.6 Å². The van der Waals surface area contributed by atoms with Gasteiger partial charge in [0.15, 0.2) is 0 Å².